The van der Waals surface area contributed by atoms with Gasteiger partial charge in [0.25, 0.3) is 0 Å². The number of rotatable bonds is 4. The number of carbonyl (C=O) groups excluding carboxylic acids is 1. The van der Waals surface area contributed by atoms with Gasteiger partial charge in [0.15, 0.2) is 11.6 Å². The number of methoxy groups -OCH3 is 1. The SMILES string of the molecule is COc1ccccc1CC(=O)N1CCOC(c2ccc(F)c(F)c2)C1. The summed E-state index contributed by atoms with van der Waals surface area (Å²) in [4.78, 5) is 14.3. The van der Waals surface area contributed by atoms with Crippen molar-refractivity contribution in [2.24, 2.45) is 0 Å². The van der Waals surface area contributed by atoms with E-state index in [1.807, 2.05) is 24.3 Å². The second kappa shape index (κ2) is 7.61. The van der Waals surface area contributed by atoms with Crippen molar-refractivity contribution >= 4 is 5.91 Å². The van der Waals surface area contributed by atoms with Crippen molar-refractivity contribution in [3.05, 3.63) is 65.2 Å². The molecule has 2 aromatic rings. The molecular formula is C19H19F2NO3. The molecule has 0 N–H and O–H groups in total. The van der Waals surface area contributed by atoms with Crippen LogP contribution in [-0.4, -0.2) is 37.6 Å². The zero-order valence-electron chi connectivity index (χ0n) is 13.9. The van der Waals surface area contributed by atoms with E-state index in [2.05, 4.69) is 0 Å². The van der Waals surface area contributed by atoms with Gasteiger partial charge in [-0.25, -0.2) is 8.78 Å². The van der Waals surface area contributed by atoms with Crippen molar-refractivity contribution in [2.45, 2.75) is 12.5 Å². The number of hydrogen-bond acceptors (Lipinski definition) is 3. The minimum absolute atomic E-state index is 0.0552. The van der Waals surface area contributed by atoms with E-state index in [4.69, 9.17) is 9.47 Å². The Morgan fingerprint density at radius 3 is 2.80 bits per heavy atom. The standard InChI is InChI=1S/C19H19F2NO3/c1-24-17-5-3-2-4-13(17)11-19(23)22-8-9-25-18(12-22)14-6-7-15(20)16(21)10-14/h2-7,10,18H,8-9,11-12H2,1H3. The van der Waals surface area contributed by atoms with Crippen molar-refractivity contribution in [2.75, 3.05) is 26.8 Å². The molecule has 1 heterocycles. The predicted molar refractivity (Wildman–Crippen MR) is 88.3 cm³/mol. The van der Waals surface area contributed by atoms with Gasteiger partial charge in [0.05, 0.1) is 26.7 Å². The number of hydrogen-bond donors (Lipinski definition) is 0. The number of amides is 1. The number of halogens is 2. The first-order valence-electron chi connectivity index (χ1n) is 8.04. The highest BCUT2D eigenvalue weighted by Crippen LogP contribution is 2.25. The van der Waals surface area contributed by atoms with Crippen molar-refractivity contribution in [1.82, 2.24) is 4.90 Å². The summed E-state index contributed by atoms with van der Waals surface area (Å²) in [5, 5.41) is 0. The summed E-state index contributed by atoms with van der Waals surface area (Å²) >= 11 is 0. The largest absolute Gasteiger partial charge is 0.496 e. The van der Waals surface area contributed by atoms with Crippen molar-refractivity contribution in [1.29, 1.82) is 0 Å². The van der Waals surface area contributed by atoms with Crippen LogP contribution in [0.2, 0.25) is 0 Å². The monoisotopic (exact) mass is 347 g/mol. The van der Waals surface area contributed by atoms with E-state index in [1.54, 1.807) is 12.0 Å². The first-order valence-corrected chi connectivity index (χ1v) is 8.04. The lowest BCUT2D eigenvalue weighted by atomic mass is 10.1. The van der Waals surface area contributed by atoms with Gasteiger partial charge in [-0.2, -0.15) is 0 Å². The number of nitrogens with zero attached hydrogens (tertiary/aromatic N) is 1. The zero-order chi connectivity index (χ0) is 17.8. The molecule has 0 spiro atoms. The Hall–Kier alpha value is -2.47. The predicted octanol–water partition coefficient (Wildman–Crippen LogP) is 3.12. The molecule has 1 unspecified atom stereocenters. The molecule has 1 aliphatic rings. The van der Waals surface area contributed by atoms with Crippen LogP contribution in [0.4, 0.5) is 8.78 Å². The van der Waals surface area contributed by atoms with Crippen LogP contribution in [0, 0.1) is 11.6 Å². The molecule has 0 aliphatic carbocycles. The third kappa shape index (κ3) is 3.96. The Kier molecular flexibility index (Phi) is 5.28. The third-order valence-corrected chi connectivity index (χ3v) is 4.27. The summed E-state index contributed by atoms with van der Waals surface area (Å²) in [5.74, 6) is -1.20. The van der Waals surface area contributed by atoms with Crippen molar-refractivity contribution in [3.63, 3.8) is 0 Å². The topological polar surface area (TPSA) is 38.8 Å². The molecule has 3 rings (SSSR count). The summed E-state index contributed by atoms with van der Waals surface area (Å²) in [5.41, 5.74) is 1.33. The molecule has 1 fully saturated rings. The van der Waals surface area contributed by atoms with Crippen LogP contribution in [0.15, 0.2) is 42.5 Å². The van der Waals surface area contributed by atoms with Crippen LogP contribution in [0.1, 0.15) is 17.2 Å². The molecule has 0 aromatic heterocycles. The zero-order valence-corrected chi connectivity index (χ0v) is 13.9. The van der Waals surface area contributed by atoms with Gasteiger partial charge in [0.1, 0.15) is 11.9 Å². The molecule has 2 aromatic carbocycles. The molecule has 25 heavy (non-hydrogen) atoms. The van der Waals surface area contributed by atoms with Gasteiger partial charge in [-0.15, -0.1) is 0 Å². The van der Waals surface area contributed by atoms with E-state index in [0.717, 1.165) is 17.7 Å². The Labute approximate surface area is 145 Å². The van der Waals surface area contributed by atoms with E-state index in [9.17, 15) is 13.6 Å². The summed E-state index contributed by atoms with van der Waals surface area (Å²) < 4.78 is 37.4. The van der Waals surface area contributed by atoms with Gasteiger partial charge in [0.2, 0.25) is 5.91 Å². The highest BCUT2D eigenvalue weighted by molar-refractivity contribution is 5.79. The normalized spacial score (nSPS) is 17.4. The fourth-order valence-electron chi connectivity index (χ4n) is 2.91. The van der Waals surface area contributed by atoms with E-state index in [-0.39, 0.29) is 12.3 Å². The average Bonchev–Trinajstić information content (AvgIpc) is 2.64. The molecule has 4 nitrogen and oxygen atoms in total. The Balaban J connectivity index is 1.70. The quantitative estimate of drug-likeness (QED) is 0.853. The van der Waals surface area contributed by atoms with Crippen molar-refractivity contribution in [3.8, 4) is 5.75 Å². The van der Waals surface area contributed by atoms with Crippen LogP contribution in [0.25, 0.3) is 0 Å². The van der Waals surface area contributed by atoms with Gasteiger partial charge in [0, 0.05) is 12.1 Å². The van der Waals surface area contributed by atoms with Gasteiger partial charge in [-0.3, -0.25) is 4.79 Å². The fourth-order valence-corrected chi connectivity index (χ4v) is 2.91. The Morgan fingerprint density at radius 2 is 2.04 bits per heavy atom. The second-order valence-corrected chi connectivity index (χ2v) is 5.86. The maximum Gasteiger partial charge on any atom is 0.227 e. The fraction of sp³-hybridized carbons (Fsp3) is 0.316. The van der Waals surface area contributed by atoms with Crippen LogP contribution >= 0.6 is 0 Å². The van der Waals surface area contributed by atoms with E-state index >= 15 is 0 Å². The van der Waals surface area contributed by atoms with Gasteiger partial charge >= 0.3 is 0 Å². The Morgan fingerprint density at radius 1 is 1.24 bits per heavy atom. The van der Waals surface area contributed by atoms with Gasteiger partial charge in [-0.1, -0.05) is 24.3 Å². The first kappa shape index (κ1) is 17.4. The van der Waals surface area contributed by atoms with Gasteiger partial charge < -0.3 is 14.4 Å². The lowest BCUT2D eigenvalue weighted by molar-refractivity contribution is -0.138. The molecule has 1 atom stereocenters. The third-order valence-electron chi connectivity index (χ3n) is 4.27. The molecular weight excluding hydrogens is 328 g/mol. The van der Waals surface area contributed by atoms with E-state index < -0.39 is 17.7 Å². The number of ether oxygens (including phenoxy) is 2. The summed E-state index contributed by atoms with van der Waals surface area (Å²) in [7, 11) is 1.57. The molecule has 1 amide bonds. The van der Waals surface area contributed by atoms with Gasteiger partial charge in [-0.05, 0) is 23.8 Å². The molecule has 0 bridgehead atoms. The number of benzene rings is 2. The summed E-state index contributed by atoms with van der Waals surface area (Å²) in [6, 6.07) is 11.0. The summed E-state index contributed by atoms with van der Waals surface area (Å²) in [6.45, 7) is 1.12. The van der Waals surface area contributed by atoms with Crippen LogP contribution < -0.4 is 4.74 Å². The number of carbonyl (C=O) groups is 1. The molecule has 1 saturated heterocycles. The van der Waals surface area contributed by atoms with Crippen molar-refractivity contribution < 1.29 is 23.0 Å². The lowest BCUT2D eigenvalue weighted by Crippen LogP contribution is -2.43. The minimum Gasteiger partial charge on any atom is -0.496 e. The van der Waals surface area contributed by atoms with Crippen LogP contribution in [0.3, 0.4) is 0 Å². The number of para-hydroxylation sites is 1. The molecule has 132 valence electrons. The summed E-state index contributed by atoms with van der Waals surface area (Å²) in [6.07, 6.45) is -0.250. The lowest BCUT2D eigenvalue weighted by Gasteiger charge is -2.33. The maximum atomic E-state index is 13.4. The first-order chi connectivity index (χ1) is 12.1. The van der Waals surface area contributed by atoms with Crippen LogP contribution in [0.5, 0.6) is 5.75 Å². The maximum absolute atomic E-state index is 13.4. The average molecular weight is 347 g/mol. The molecule has 6 heteroatoms. The highest BCUT2D eigenvalue weighted by Gasteiger charge is 2.26. The van der Waals surface area contributed by atoms with E-state index in [0.29, 0.717) is 31.0 Å². The smallest absolute Gasteiger partial charge is 0.227 e. The molecule has 1 aliphatic heterocycles. The molecule has 0 radical (unpaired) electrons. The van der Waals surface area contributed by atoms with Crippen LogP contribution in [-0.2, 0) is 16.0 Å². The number of morpholine rings is 1. The Bertz CT molecular complexity index is 766. The second-order valence-electron chi connectivity index (χ2n) is 5.86. The van der Waals surface area contributed by atoms with E-state index in [1.165, 1.54) is 6.07 Å². The highest BCUT2D eigenvalue weighted by atomic mass is 19.2. The molecule has 0 saturated carbocycles. The minimum atomic E-state index is -0.918.